The lowest BCUT2D eigenvalue weighted by Crippen LogP contribution is -2.11. The first-order chi connectivity index (χ1) is 11.5. The molecule has 0 aliphatic rings. The van der Waals surface area contributed by atoms with Gasteiger partial charge in [-0.2, -0.15) is 0 Å². The largest absolute Gasteiger partial charge is 0.463 e. The van der Waals surface area contributed by atoms with Gasteiger partial charge in [-0.3, -0.25) is 9.59 Å². The van der Waals surface area contributed by atoms with Crippen molar-refractivity contribution in [3.63, 3.8) is 0 Å². The average molecular weight is 354 g/mol. The van der Waals surface area contributed by atoms with Gasteiger partial charge in [-0.05, 0) is 13.3 Å². The van der Waals surface area contributed by atoms with Crippen LogP contribution in [0.25, 0.3) is 0 Å². The number of rotatable bonds is 11. The summed E-state index contributed by atoms with van der Waals surface area (Å²) >= 11 is 0. The Balaban J connectivity index is -0.000000367. The fraction of sp³-hybridized carbons (Fsp3) is 0.875. The topological polar surface area (TPSA) is 112 Å². The van der Waals surface area contributed by atoms with Crippen molar-refractivity contribution in [3.05, 3.63) is 0 Å². The van der Waals surface area contributed by atoms with E-state index in [0.717, 1.165) is 19.4 Å². The van der Waals surface area contributed by atoms with Crippen LogP contribution in [0.3, 0.4) is 0 Å². The molecule has 146 valence electrons. The molecular weight excluding hydrogens is 320 g/mol. The molecule has 0 saturated heterocycles. The first-order valence-corrected chi connectivity index (χ1v) is 8.10. The van der Waals surface area contributed by atoms with Crippen molar-refractivity contribution in [3.8, 4) is 0 Å². The maximum atomic E-state index is 10.3. The van der Waals surface area contributed by atoms with Crippen LogP contribution in [-0.2, 0) is 28.5 Å². The maximum absolute atomic E-state index is 10.3. The Morgan fingerprint density at radius 1 is 0.750 bits per heavy atom. The maximum Gasteiger partial charge on any atom is 0.302 e. The Bertz CT molecular complexity index is 258. The van der Waals surface area contributed by atoms with E-state index in [0.29, 0.717) is 26.4 Å². The van der Waals surface area contributed by atoms with Crippen molar-refractivity contribution in [2.75, 3.05) is 52.9 Å². The number of ether oxygens (including phenoxy) is 4. The van der Waals surface area contributed by atoms with E-state index >= 15 is 0 Å². The van der Waals surface area contributed by atoms with Gasteiger partial charge in [-0.1, -0.05) is 13.3 Å². The first-order valence-electron chi connectivity index (χ1n) is 8.10. The minimum atomic E-state index is -0.353. The van der Waals surface area contributed by atoms with Gasteiger partial charge in [0, 0.05) is 27.1 Å². The lowest BCUT2D eigenvalue weighted by Gasteiger charge is -2.05. The van der Waals surface area contributed by atoms with E-state index in [2.05, 4.69) is 16.4 Å². The molecule has 0 heterocycles. The van der Waals surface area contributed by atoms with Gasteiger partial charge in [0.25, 0.3) is 0 Å². The molecule has 0 bridgehead atoms. The van der Waals surface area contributed by atoms with E-state index < -0.39 is 0 Å². The number of carbonyl (C=O) groups is 2. The molecule has 0 aromatic rings. The van der Waals surface area contributed by atoms with Gasteiger partial charge < -0.3 is 29.2 Å². The summed E-state index contributed by atoms with van der Waals surface area (Å²) < 4.78 is 19.4. The number of hydrogen-bond donors (Lipinski definition) is 2. The molecule has 0 aromatic heterocycles. The Morgan fingerprint density at radius 3 is 1.54 bits per heavy atom. The van der Waals surface area contributed by atoms with Gasteiger partial charge in [0.15, 0.2) is 0 Å². The summed E-state index contributed by atoms with van der Waals surface area (Å²) in [6, 6.07) is 0. The van der Waals surface area contributed by atoms with E-state index in [9.17, 15) is 9.59 Å². The highest BCUT2D eigenvalue weighted by atomic mass is 16.6. The lowest BCUT2D eigenvalue weighted by molar-refractivity contribution is -0.143. The summed E-state index contributed by atoms with van der Waals surface area (Å²) in [5.41, 5.74) is 0. The number of carbonyl (C=O) groups excluding carboxylic acids is 2. The standard InChI is InChI=1S/C10H20O4.C4H8O3.C2H6O/c1-3-4-5-12-6-7-13-8-9-14-10(2)11;1-4(6)7-3-2-5;1-2-3/h3-9H2,1-2H3;5H,2-3H2,1H3;3H,2H2,1H3. The minimum absolute atomic E-state index is 0.0976. The van der Waals surface area contributed by atoms with Gasteiger partial charge in [-0.15, -0.1) is 0 Å². The molecule has 2 N–H and O–H groups in total. The Labute approximate surface area is 145 Å². The fourth-order valence-electron chi connectivity index (χ4n) is 1.00. The molecule has 0 aliphatic carbocycles. The summed E-state index contributed by atoms with van der Waals surface area (Å²) in [5.74, 6) is -0.623. The average Bonchev–Trinajstić information content (AvgIpc) is 2.52. The molecule has 0 fully saturated rings. The van der Waals surface area contributed by atoms with Crippen LogP contribution in [0, 0.1) is 0 Å². The van der Waals surface area contributed by atoms with Crippen LogP contribution in [0.5, 0.6) is 0 Å². The third-order valence-electron chi connectivity index (χ3n) is 1.94. The van der Waals surface area contributed by atoms with Crippen molar-refractivity contribution < 1.29 is 38.7 Å². The van der Waals surface area contributed by atoms with Crippen LogP contribution in [-0.4, -0.2) is 75.0 Å². The molecule has 24 heavy (non-hydrogen) atoms. The van der Waals surface area contributed by atoms with Crippen LogP contribution >= 0.6 is 0 Å². The zero-order chi connectivity index (χ0) is 19.1. The second-order valence-electron chi connectivity index (χ2n) is 4.30. The highest BCUT2D eigenvalue weighted by Crippen LogP contribution is 1.88. The monoisotopic (exact) mass is 354 g/mol. The molecule has 0 spiro atoms. The number of aliphatic hydroxyl groups excluding tert-OH is 2. The molecule has 0 saturated carbocycles. The highest BCUT2D eigenvalue weighted by Gasteiger charge is 1.93. The van der Waals surface area contributed by atoms with E-state index in [1.165, 1.54) is 13.8 Å². The van der Waals surface area contributed by atoms with Crippen LogP contribution in [0.1, 0.15) is 40.5 Å². The molecule has 0 radical (unpaired) electrons. The molecular formula is C16H34O8. The fourth-order valence-corrected chi connectivity index (χ4v) is 1.00. The summed E-state index contributed by atoms with van der Waals surface area (Å²) in [4.78, 5) is 20.2. The van der Waals surface area contributed by atoms with Crippen molar-refractivity contribution in [1.29, 1.82) is 0 Å². The SMILES string of the molecule is CC(=O)OCCO.CCCCOCCOCCOC(C)=O.CCO. The van der Waals surface area contributed by atoms with Gasteiger partial charge in [0.2, 0.25) is 0 Å². The van der Waals surface area contributed by atoms with Crippen LogP contribution in [0.2, 0.25) is 0 Å². The van der Waals surface area contributed by atoms with E-state index in [1.807, 2.05) is 0 Å². The smallest absolute Gasteiger partial charge is 0.302 e. The minimum Gasteiger partial charge on any atom is -0.463 e. The third-order valence-corrected chi connectivity index (χ3v) is 1.94. The van der Waals surface area contributed by atoms with Crippen LogP contribution in [0.4, 0.5) is 0 Å². The lowest BCUT2D eigenvalue weighted by atomic mass is 10.4. The molecule has 8 heteroatoms. The molecule has 0 aliphatic heterocycles. The van der Waals surface area contributed by atoms with E-state index in [4.69, 9.17) is 19.7 Å². The predicted molar refractivity (Wildman–Crippen MR) is 89.7 cm³/mol. The van der Waals surface area contributed by atoms with Crippen molar-refractivity contribution in [2.24, 2.45) is 0 Å². The number of unbranched alkanes of at least 4 members (excludes halogenated alkanes) is 1. The summed E-state index contributed by atoms with van der Waals surface area (Å²) in [5, 5.41) is 15.6. The first kappa shape index (κ1) is 27.6. The van der Waals surface area contributed by atoms with Gasteiger partial charge in [0.05, 0.1) is 26.4 Å². The highest BCUT2D eigenvalue weighted by molar-refractivity contribution is 5.66. The third kappa shape index (κ3) is 42.8. The van der Waals surface area contributed by atoms with Crippen molar-refractivity contribution in [1.82, 2.24) is 0 Å². The molecule has 8 nitrogen and oxygen atoms in total. The predicted octanol–water partition coefficient (Wildman–Crippen LogP) is 0.923. The van der Waals surface area contributed by atoms with Crippen LogP contribution < -0.4 is 0 Å². The number of hydrogen-bond acceptors (Lipinski definition) is 8. The molecule has 0 aromatic carbocycles. The number of esters is 2. The van der Waals surface area contributed by atoms with Gasteiger partial charge >= 0.3 is 11.9 Å². The zero-order valence-corrected chi connectivity index (χ0v) is 15.4. The Kier molecular flexibility index (Phi) is 30.7. The van der Waals surface area contributed by atoms with Gasteiger partial charge in [0.1, 0.15) is 13.2 Å². The second kappa shape index (κ2) is 26.7. The molecule has 0 rings (SSSR count). The molecule has 0 amide bonds. The summed E-state index contributed by atoms with van der Waals surface area (Å²) in [7, 11) is 0. The Hall–Kier alpha value is -1.22. The quantitative estimate of drug-likeness (QED) is 0.416. The number of aliphatic hydroxyl groups is 2. The molecule has 0 atom stereocenters. The summed E-state index contributed by atoms with van der Waals surface area (Å²) in [6.07, 6.45) is 2.24. The van der Waals surface area contributed by atoms with Gasteiger partial charge in [-0.25, -0.2) is 0 Å². The zero-order valence-electron chi connectivity index (χ0n) is 15.4. The summed E-state index contributed by atoms with van der Waals surface area (Å²) in [6.45, 7) is 9.48. The van der Waals surface area contributed by atoms with Crippen LogP contribution in [0.15, 0.2) is 0 Å². The van der Waals surface area contributed by atoms with E-state index in [1.54, 1.807) is 6.92 Å². The Morgan fingerprint density at radius 2 is 1.17 bits per heavy atom. The second-order valence-corrected chi connectivity index (χ2v) is 4.30. The molecule has 0 unspecified atom stereocenters. The normalized spacial score (nSPS) is 9.08. The van der Waals surface area contributed by atoms with Crippen molar-refractivity contribution >= 4 is 11.9 Å². The van der Waals surface area contributed by atoms with E-state index in [-0.39, 0.29) is 31.8 Å². The van der Waals surface area contributed by atoms with Crippen molar-refractivity contribution in [2.45, 2.75) is 40.5 Å².